The fourth-order valence-corrected chi connectivity index (χ4v) is 2.03. The molecule has 1 atom stereocenters. The average Bonchev–Trinajstić information content (AvgIpc) is 2.28. The molecule has 0 N–H and O–H groups in total. The first-order chi connectivity index (χ1) is 7.99. The maximum atomic E-state index is 11.1. The second-order valence-electron chi connectivity index (χ2n) is 5.29. The lowest BCUT2D eigenvalue weighted by Crippen LogP contribution is -2.33. The van der Waals surface area contributed by atoms with Crippen molar-refractivity contribution >= 4 is 6.29 Å². The maximum Gasteiger partial charge on any atom is 0.127 e. The van der Waals surface area contributed by atoms with Crippen LogP contribution >= 0.6 is 0 Å². The van der Waals surface area contributed by atoms with Crippen molar-refractivity contribution in [3.63, 3.8) is 0 Å². The molecule has 1 aromatic carbocycles. The zero-order chi connectivity index (χ0) is 12.9. The van der Waals surface area contributed by atoms with Crippen LogP contribution in [0.4, 0.5) is 0 Å². The predicted octanol–water partition coefficient (Wildman–Crippen LogP) is 3.04. The van der Waals surface area contributed by atoms with Gasteiger partial charge in [-0.3, -0.25) is 0 Å². The lowest BCUT2D eigenvalue weighted by atomic mass is 9.89. The Kier molecular flexibility index (Phi) is 4.88. The van der Waals surface area contributed by atoms with Crippen LogP contribution in [0.15, 0.2) is 24.3 Å². The van der Waals surface area contributed by atoms with E-state index in [0.29, 0.717) is 0 Å². The highest BCUT2D eigenvalue weighted by molar-refractivity contribution is 5.58. The summed E-state index contributed by atoms with van der Waals surface area (Å²) in [5.41, 5.74) is 2.36. The summed E-state index contributed by atoms with van der Waals surface area (Å²) in [6.45, 7) is 7.89. The molecule has 0 saturated carbocycles. The molecule has 94 valence electrons. The first-order valence-corrected chi connectivity index (χ1v) is 6.19. The Hall–Kier alpha value is -1.15. The van der Waals surface area contributed by atoms with Gasteiger partial charge in [-0.2, -0.15) is 0 Å². The molecule has 0 saturated heterocycles. The number of benzene rings is 1. The zero-order valence-corrected chi connectivity index (χ0v) is 11.4. The molecule has 1 aromatic rings. The lowest BCUT2D eigenvalue weighted by molar-refractivity contribution is -0.116. The number of aldehydes is 1. The molecule has 17 heavy (non-hydrogen) atoms. The van der Waals surface area contributed by atoms with E-state index in [2.05, 4.69) is 50.1 Å². The number of rotatable bonds is 6. The van der Waals surface area contributed by atoms with Gasteiger partial charge in [0.1, 0.15) is 6.29 Å². The van der Waals surface area contributed by atoms with Crippen LogP contribution in [0.5, 0.6) is 0 Å². The monoisotopic (exact) mass is 233 g/mol. The SMILES string of the molecule is CCC(C)(C=O)CN(C)Cc1cccc(C)c1. The third-order valence-corrected chi connectivity index (χ3v) is 3.26. The molecular formula is C15H23NO. The molecule has 0 fully saturated rings. The summed E-state index contributed by atoms with van der Waals surface area (Å²) >= 11 is 0. The molecule has 0 aliphatic heterocycles. The van der Waals surface area contributed by atoms with Gasteiger partial charge in [-0.25, -0.2) is 0 Å². The maximum absolute atomic E-state index is 11.1. The molecule has 0 heterocycles. The Balaban J connectivity index is 2.61. The quantitative estimate of drug-likeness (QED) is 0.704. The largest absolute Gasteiger partial charge is 0.303 e. The molecule has 1 unspecified atom stereocenters. The van der Waals surface area contributed by atoms with E-state index in [1.165, 1.54) is 11.1 Å². The van der Waals surface area contributed by atoms with Crippen LogP contribution in [0.25, 0.3) is 0 Å². The van der Waals surface area contributed by atoms with Crippen LogP contribution in [-0.2, 0) is 11.3 Å². The molecule has 0 amide bonds. The van der Waals surface area contributed by atoms with Crippen LogP contribution in [0, 0.1) is 12.3 Å². The Morgan fingerprint density at radius 3 is 2.65 bits per heavy atom. The van der Waals surface area contributed by atoms with E-state index in [9.17, 15) is 4.79 Å². The van der Waals surface area contributed by atoms with E-state index in [1.54, 1.807) is 0 Å². The van der Waals surface area contributed by atoms with Gasteiger partial charge in [0.05, 0.1) is 0 Å². The Labute approximate surface area is 105 Å². The van der Waals surface area contributed by atoms with Crippen molar-refractivity contribution in [2.24, 2.45) is 5.41 Å². The number of nitrogens with zero attached hydrogens (tertiary/aromatic N) is 1. The third-order valence-electron chi connectivity index (χ3n) is 3.26. The van der Waals surface area contributed by atoms with E-state index in [0.717, 1.165) is 25.8 Å². The van der Waals surface area contributed by atoms with Crippen molar-refractivity contribution in [1.29, 1.82) is 0 Å². The van der Waals surface area contributed by atoms with Gasteiger partial charge in [0.2, 0.25) is 0 Å². The second kappa shape index (κ2) is 5.97. The zero-order valence-electron chi connectivity index (χ0n) is 11.4. The molecule has 0 bridgehead atoms. The van der Waals surface area contributed by atoms with Crippen LogP contribution < -0.4 is 0 Å². The predicted molar refractivity (Wildman–Crippen MR) is 72.0 cm³/mol. The van der Waals surface area contributed by atoms with Crippen molar-refractivity contribution in [2.75, 3.05) is 13.6 Å². The van der Waals surface area contributed by atoms with E-state index in [1.807, 2.05) is 6.92 Å². The van der Waals surface area contributed by atoms with Gasteiger partial charge in [-0.05, 0) is 26.0 Å². The van der Waals surface area contributed by atoms with Gasteiger partial charge in [0, 0.05) is 18.5 Å². The summed E-state index contributed by atoms with van der Waals surface area (Å²) in [7, 11) is 2.07. The van der Waals surface area contributed by atoms with Gasteiger partial charge >= 0.3 is 0 Å². The Bertz CT molecular complexity index is 375. The van der Waals surface area contributed by atoms with E-state index in [4.69, 9.17) is 0 Å². The van der Waals surface area contributed by atoms with Crippen LogP contribution in [-0.4, -0.2) is 24.8 Å². The summed E-state index contributed by atoms with van der Waals surface area (Å²) < 4.78 is 0. The van der Waals surface area contributed by atoms with Gasteiger partial charge < -0.3 is 9.69 Å². The highest BCUT2D eigenvalue weighted by Crippen LogP contribution is 2.19. The van der Waals surface area contributed by atoms with Gasteiger partial charge in [0.15, 0.2) is 0 Å². The minimum atomic E-state index is -0.224. The van der Waals surface area contributed by atoms with Gasteiger partial charge in [0.25, 0.3) is 0 Å². The van der Waals surface area contributed by atoms with Crippen molar-refractivity contribution in [1.82, 2.24) is 4.90 Å². The Morgan fingerprint density at radius 2 is 2.12 bits per heavy atom. The number of hydrogen-bond acceptors (Lipinski definition) is 2. The third kappa shape index (κ3) is 4.31. The van der Waals surface area contributed by atoms with Crippen molar-refractivity contribution in [3.05, 3.63) is 35.4 Å². The summed E-state index contributed by atoms with van der Waals surface area (Å²) in [4.78, 5) is 13.3. The first-order valence-electron chi connectivity index (χ1n) is 6.19. The van der Waals surface area contributed by atoms with Gasteiger partial charge in [-0.15, -0.1) is 0 Å². The van der Waals surface area contributed by atoms with E-state index < -0.39 is 0 Å². The number of aryl methyl sites for hydroxylation is 1. The molecular weight excluding hydrogens is 210 g/mol. The Morgan fingerprint density at radius 1 is 1.41 bits per heavy atom. The van der Waals surface area contributed by atoms with Crippen LogP contribution in [0.1, 0.15) is 31.4 Å². The first kappa shape index (κ1) is 13.9. The molecule has 0 aromatic heterocycles. The fraction of sp³-hybridized carbons (Fsp3) is 0.533. The van der Waals surface area contributed by atoms with Crippen LogP contribution in [0.2, 0.25) is 0 Å². The summed E-state index contributed by atoms with van der Waals surface area (Å²) in [5.74, 6) is 0. The minimum Gasteiger partial charge on any atom is -0.303 e. The van der Waals surface area contributed by atoms with Gasteiger partial charge in [-0.1, -0.05) is 43.7 Å². The summed E-state index contributed by atoms with van der Waals surface area (Å²) in [5, 5.41) is 0. The normalized spacial score (nSPS) is 14.6. The van der Waals surface area contributed by atoms with E-state index >= 15 is 0 Å². The van der Waals surface area contributed by atoms with Crippen molar-refractivity contribution in [3.8, 4) is 0 Å². The minimum absolute atomic E-state index is 0.224. The molecule has 0 aliphatic rings. The standard InChI is InChI=1S/C15H23NO/c1-5-15(3,12-17)11-16(4)10-14-8-6-7-13(2)9-14/h6-9,12H,5,10-11H2,1-4H3. The summed E-state index contributed by atoms with van der Waals surface area (Å²) in [6, 6.07) is 8.51. The van der Waals surface area contributed by atoms with Crippen LogP contribution in [0.3, 0.4) is 0 Å². The summed E-state index contributed by atoms with van der Waals surface area (Å²) in [6.07, 6.45) is 1.97. The topological polar surface area (TPSA) is 20.3 Å². The smallest absolute Gasteiger partial charge is 0.127 e. The number of hydrogen-bond donors (Lipinski definition) is 0. The second-order valence-corrected chi connectivity index (χ2v) is 5.29. The molecule has 0 radical (unpaired) electrons. The molecule has 2 heteroatoms. The molecule has 1 rings (SSSR count). The van der Waals surface area contributed by atoms with E-state index in [-0.39, 0.29) is 5.41 Å². The van der Waals surface area contributed by atoms with Crippen molar-refractivity contribution < 1.29 is 4.79 Å². The highest BCUT2D eigenvalue weighted by atomic mass is 16.1. The number of carbonyl (C=O) groups excluding carboxylic acids is 1. The molecule has 2 nitrogen and oxygen atoms in total. The molecule has 0 aliphatic carbocycles. The average molecular weight is 233 g/mol. The highest BCUT2D eigenvalue weighted by Gasteiger charge is 2.22. The lowest BCUT2D eigenvalue weighted by Gasteiger charge is -2.28. The van der Waals surface area contributed by atoms with Crippen molar-refractivity contribution in [2.45, 2.75) is 33.7 Å². The fourth-order valence-electron chi connectivity index (χ4n) is 2.03. The number of carbonyl (C=O) groups is 1. The molecule has 0 spiro atoms.